The number of para-hydroxylation sites is 1. The average molecular weight is 762 g/mol. The van der Waals surface area contributed by atoms with Crippen molar-refractivity contribution in [1.29, 1.82) is 0 Å². The van der Waals surface area contributed by atoms with Crippen LogP contribution in [0.2, 0.25) is 5.02 Å². The van der Waals surface area contributed by atoms with Crippen molar-refractivity contribution >= 4 is 41.5 Å². The van der Waals surface area contributed by atoms with Crippen LogP contribution in [0.25, 0.3) is 0 Å². The van der Waals surface area contributed by atoms with Crippen molar-refractivity contribution in [1.82, 2.24) is 0 Å². The zero-order chi connectivity index (χ0) is 40.0. The third kappa shape index (κ3) is 5.67. The van der Waals surface area contributed by atoms with Gasteiger partial charge in [-0.3, -0.25) is 4.79 Å². The number of anilines is 1. The van der Waals surface area contributed by atoms with Gasteiger partial charge in [-0.2, -0.15) is 9.28 Å². The number of carbonyl (C=O) groups is 4. The minimum Gasteiger partial charge on any atom is -0.477 e. The number of esters is 1. The van der Waals surface area contributed by atoms with Crippen molar-refractivity contribution in [2.24, 2.45) is 23.7 Å². The summed E-state index contributed by atoms with van der Waals surface area (Å²) in [4.78, 5) is 63.1. The van der Waals surface area contributed by atoms with Gasteiger partial charge >= 0.3 is 24.2 Å². The number of aliphatic hydroxyl groups is 1. The second-order valence-corrected chi connectivity index (χ2v) is 17.8. The number of fused-ring (bicyclic) bond motifs is 4. The largest absolute Gasteiger partial charge is 0.517 e. The summed E-state index contributed by atoms with van der Waals surface area (Å²) in [6.45, 7) is 20.3. The predicted octanol–water partition coefficient (Wildman–Crippen LogP) is 7.19. The molecular weight excluding hydrogens is 708 g/mol. The van der Waals surface area contributed by atoms with E-state index in [1.807, 2.05) is 13.0 Å². The molecule has 1 aromatic carbocycles. The molecule has 2 aliphatic carbocycles. The zero-order valence-electron chi connectivity index (χ0n) is 32.5. The number of carbonyl (C=O) groups excluding carboxylic acids is 2. The van der Waals surface area contributed by atoms with E-state index < -0.39 is 93.1 Å². The van der Waals surface area contributed by atoms with Gasteiger partial charge in [0.25, 0.3) is 6.23 Å². The average Bonchev–Trinajstić information content (AvgIpc) is 3.26. The van der Waals surface area contributed by atoms with Crippen molar-refractivity contribution < 1.29 is 58.0 Å². The Balaban J connectivity index is 2.02. The van der Waals surface area contributed by atoms with Crippen molar-refractivity contribution in [3.8, 4) is 0 Å². The number of halogens is 1. The third-order valence-corrected chi connectivity index (χ3v) is 12.4. The summed E-state index contributed by atoms with van der Waals surface area (Å²) < 4.78 is 16.6. The Bertz CT molecular complexity index is 1770. The molecular formula is C39H54ClN2O11+. The summed E-state index contributed by atoms with van der Waals surface area (Å²) >= 11 is 6.77. The highest BCUT2D eigenvalue weighted by Crippen LogP contribution is 2.69. The molecule has 1 saturated heterocycles. The minimum absolute atomic E-state index is 0.158. The maximum absolute atomic E-state index is 14.9. The van der Waals surface area contributed by atoms with E-state index in [9.17, 15) is 34.5 Å². The molecule has 1 aromatic rings. The molecule has 2 aliphatic heterocycles. The molecule has 14 heteroatoms. The highest BCUT2D eigenvalue weighted by Gasteiger charge is 2.90. The normalized spacial score (nSPS) is 36.6. The van der Waals surface area contributed by atoms with Crippen LogP contribution in [0.15, 0.2) is 42.0 Å². The first-order valence-corrected chi connectivity index (χ1v) is 18.3. The molecule has 1 amide bonds. The minimum atomic E-state index is -2.66. The molecule has 1 unspecified atom stereocenters. The molecule has 10 atom stereocenters. The van der Waals surface area contributed by atoms with Crippen LogP contribution in [-0.4, -0.2) is 85.6 Å². The van der Waals surface area contributed by atoms with E-state index in [0.717, 1.165) is 5.57 Å². The Morgan fingerprint density at radius 2 is 1.70 bits per heavy atom. The highest BCUT2D eigenvalue weighted by molar-refractivity contribution is 6.33. The standard InChI is InChI=1S/C39H53ClN2O11/c1-20(2)24-17-16-22(4)39(49)26(24)18-21(3)29(50-23(5)43)30(39)37(32(44)45)19-38(52-34(48)51-36(9,10)11)25-14-13-15-27(40)28(25)41(12)53-31(38)42(37,33(46)47)35(6,7)8/h13-15,18,22,24,26,29-31,49H,1,16-17,19H2,2-12H3,(H-,44,45,46,47)/p+1/t22-,24+,26+,29+,30-,31-,37+,38-,39-,42?/m1/s1. The number of likely N-dealkylation sites (tertiary alicyclic amines) is 1. The summed E-state index contributed by atoms with van der Waals surface area (Å²) in [5, 5.41) is 39.0. The van der Waals surface area contributed by atoms with E-state index in [4.69, 9.17) is 30.6 Å². The molecule has 53 heavy (non-hydrogen) atoms. The fourth-order valence-corrected chi connectivity index (χ4v) is 10.6. The van der Waals surface area contributed by atoms with E-state index in [1.165, 1.54) is 19.0 Å². The molecule has 292 valence electrons. The van der Waals surface area contributed by atoms with Crippen LogP contribution in [0.3, 0.4) is 0 Å². The van der Waals surface area contributed by atoms with Gasteiger partial charge in [0.15, 0.2) is 0 Å². The second kappa shape index (κ2) is 13.0. The van der Waals surface area contributed by atoms with Crippen molar-refractivity contribution in [2.45, 2.75) is 129 Å². The number of ether oxygens (including phenoxy) is 3. The van der Waals surface area contributed by atoms with Gasteiger partial charge in [-0.25, -0.2) is 19.5 Å². The van der Waals surface area contributed by atoms with Crippen molar-refractivity contribution in [3.63, 3.8) is 0 Å². The van der Waals surface area contributed by atoms with E-state index in [0.29, 0.717) is 18.4 Å². The van der Waals surface area contributed by atoms with Crippen LogP contribution in [-0.2, 0) is 34.2 Å². The zero-order valence-corrected chi connectivity index (χ0v) is 33.2. The molecule has 2 fully saturated rings. The highest BCUT2D eigenvalue weighted by atomic mass is 35.5. The number of hydrogen-bond acceptors (Lipinski definition) is 10. The van der Waals surface area contributed by atoms with Gasteiger partial charge in [0, 0.05) is 25.5 Å². The number of carboxylic acid groups (broad SMARTS) is 2. The van der Waals surface area contributed by atoms with Crippen molar-refractivity contribution in [2.75, 3.05) is 12.1 Å². The second-order valence-electron chi connectivity index (χ2n) is 17.4. The summed E-state index contributed by atoms with van der Waals surface area (Å²) in [5.74, 6) is -5.74. The molecule has 0 spiro atoms. The Hall–Kier alpha value is -3.65. The number of benzene rings is 1. The Morgan fingerprint density at radius 3 is 2.21 bits per heavy atom. The van der Waals surface area contributed by atoms with Crippen LogP contribution in [0.1, 0.15) is 94.1 Å². The molecule has 1 saturated carbocycles. The Labute approximate surface area is 316 Å². The van der Waals surface area contributed by atoms with Crippen LogP contribution in [0.4, 0.5) is 15.3 Å². The number of rotatable bonds is 5. The molecule has 5 rings (SSSR count). The smallest absolute Gasteiger partial charge is 0.477 e. The maximum atomic E-state index is 14.9. The Kier molecular flexibility index (Phi) is 9.93. The van der Waals surface area contributed by atoms with Crippen LogP contribution >= 0.6 is 11.6 Å². The maximum Gasteiger partial charge on any atom is 0.517 e. The number of aliphatic carboxylic acids is 1. The van der Waals surface area contributed by atoms with Gasteiger partial charge in [0.05, 0.1) is 28.6 Å². The monoisotopic (exact) mass is 761 g/mol. The predicted molar refractivity (Wildman–Crippen MR) is 195 cm³/mol. The topological polar surface area (TPSA) is 169 Å². The lowest BCUT2D eigenvalue weighted by atomic mass is 9.49. The third-order valence-electron chi connectivity index (χ3n) is 12.1. The number of hydroxylamine groups is 1. The fraction of sp³-hybridized carbons (Fsp3) is 0.641. The summed E-state index contributed by atoms with van der Waals surface area (Å²) in [7, 11) is 1.50. The lowest BCUT2D eigenvalue weighted by Gasteiger charge is -2.62. The van der Waals surface area contributed by atoms with Gasteiger partial charge < -0.3 is 29.5 Å². The van der Waals surface area contributed by atoms with Gasteiger partial charge in [0.1, 0.15) is 17.2 Å². The van der Waals surface area contributed by atoms with Gasteiger partial charge in [-0.15, -0.1) is 0 Å². The quantitative estimate of drug-likeness (QED) is 0.157. The number of amides is 1. The molecule has 0 bridgehead atoms. The van der Waals surface area contributed by atoms with E-state index in [-0.39, 0.29) is 22.2 Å². The van der Waals surface area contributed by atoms with Crippen molar-refractivity contribution in [3.05, 3.63) is 52.6 Å². The van der Waals surface area contributed by atoms with Crippen LogP contribution in [0.5, 0.6) is 0 Å². The lowest BCUT2D eigenvalue weighted by Crippen LogP contribution is -2.84. The lowest BCUT2D eigenvalue weighted by molar-refractivity contribution is -0.979. The SMILES string of the molecule is C=C(C)[C@@H]1CC[C@@H](C)[C@@]2(O)[C@H]1C=C(C)[C@H](OC(C)=O)[C@@H]2[C@]1(C(=O)O)C[C@@]2(OC(=O)OC(C)(C)C)c3cccc(Cl)c3N(C)O[C@H]2[N+]1(C(=O)O)C(C)(C)C. The molecule has 2 heterocycles. The van der Waals surface area contributed by atoms with Gasteiger partial charge in [0.2, 0.25) is 11.1 Å². The van der Waals surface area contributed by atoms with E-state index >= 15 is 0 Å². The first-order valence-electron chi connectivity index (χ1n) is 18.0. The Morgan fingerprint density at radius 1 is 1.08 bits per heavy atom. The number of hydrogen-bond donors (Lipinski definition) is 3. The van der Waals surface area contributed by atoms with E-state index in [2.05, 4.69) is 6.58 Å². The first kappa shape index (κ1) is 40.5. The molecule has 13 nitrogen and oxygen atoms in total. The first-order chi connectivity index (χ1) is 24.3. The summed E-state index contributed by atoms with van der Waals surface area (Å²) in [6, 6.07) is 4.75. The fourth-order valence-electron chi connectivity index (χ4n) is 10.3. The number of nitrogens with zero attached hydrogens (tertiary/aromatic N) is 2. The summed E-state index contributed by atoms with van der Waals surface area (Å²) in [6.07, 6.45) is -3.96. The number of quaternary nitrogens is 1. The molecule has 0 radical (unpaired) electrons. The molecule has 0 aromatic heterocycles. The molecule has 3 N–H and O–H groups in total. The van der Waals surface area contributed by atoms with E-state index in [1.54, 1.807) is 73.6 Å². The van der Waals surface area contributed by atoms with Gasteiger partial charge in [-0.1, -0.05) is 48.9 Å². The van der Waals surface area contributed by atoms with Gasteiger partial charge in [-0.05, 0) is 91.7 Å². The number of carboxylic acids is 1. The summed E-state index contributed by atoms with van der Waals surface area (Å²) in [5.41, 5.74) is -7.94. The molecule has 4 aliphatic rings. The van der Waals surface area contributed by atoms with Crippen LogP contribution in [0, 0.1) is 23.7 Å². The number of allylic oxidation sites excluding steroid dienone is 1. The van der Waals surface area contributed by atoms with Crippen LogP contribution < -0.4 is 5.06 Å².